The minimum absolute atomic E-state index is 0.277. The van der Waals surface area contributed by atoms with Gasteiger partial charge in [0.05, 0.1) is 0 Å². The van der Waals surface area contributed by atoms with Gasteiger partial charge in [-0.1, -0.05) is 11.6 Å². The van der Waals surface area contributed by atoms with Gasteiger partial charge in [-0.2, -0.15) is 0 Å². The fourth-order valence-electron chi connectivity index (χ4n) is 1.22. The van der Waals surface area contributed by atoms with E-state index >= 15 is 0 Å². The van der Waals surface area contributed by atoms with E-state index in [2.05, 4.69) is 16.0 Å². The van der Waals surface area contributed by atoms with Gasteiger partial charge in [0.2, 0.25) is 0 Å². The Kier molecular flexibility index (Phi) is 4.66. The molecule has 0 unspecified atom stereocenters. The first-order valence-electron chi connectivity index (χ1n) is 5.00. The number of anilines is 1. The molecule has 17 heavy (non-hydrogen) atoms. The maximum absolute atomic E-state index is 11.8. The number of halogens is 1. The summed E-state index contributed by atoms with van der Waals surface area (Å²) in [6.45, 7) is 0. The van der Waals surface area contributed by atoms with Gasteiger partial charge in [-0.05, 0) is 24.3 Å². The number of nitrogens with one attached hydrogen (secondary N) is 3. The lowest BCUT2D eigenvalue weighted by Crippen LogP contribution is -2.31. The summed E-state index contributed by atoms with van der Waals surface area (Å²) in [5, 5.41) is 8.75. The highest BCUT2D eigenvalue weighted by atomic mass is 35.5. The zero-order valence-electron chi connectivity index (χ0n) is 9.67. The van der Waals surface area contributed by atoms with Gasteiger partial charge in [0, 0.05) is 24.8 Å². The molecule has 0 saturated heterocycles. The molecule has 1 rings (SSSR count). The Hall–Kier alpha value is -1.88. The molecule has 0 atom stereocenters. The summed E-state index contributed by atoms with van der Waals surface area (Å²) >= 11 is 5.75. The molecule has 0 aliphatic carbocycles. The molecule has 0 spiro atoms. The molecule has 0 aliphatic heterocycles. The average Bonchev–Trinajstić information content (AvgIpc) is 2.32. The largest absolute Gasteiger partial charge is 0.384 e. The molecule has 1 aromatic carbocycles. The van der Waals surface area contributed by atoms with Gasteiger partial charge in [-0.3, -0.25) is 4.79 Å². The van der Waals surface area contributed by atoms with Crippen LogP contribution in [0.5, 0.6) is 0 Å². The van der Waals surface area contributed by atoms with Crippen molar-refractivity contribution in [1.29, 1.82) is 0 Å². The second-order valence-corrected chi connectivity index (χ2v) is 3.69. The highest BCUT2D eigenvalue weighted by Crippen LogP contribution is 2.13. The highest BCUT2D eigenvalue weighted by Gasteiger charge is 2.11. The van der Waals surface area contributed by atoms with Crippen molar-refractivity contribution < 1.29 is 4.79 Å². The first-order valence-corrected chi connectivity index (χ1v) is 5.38. The van der Waals surface area contributed by atoms with Crippen LogP contribution in [-0.4, -0.2) is 20.0 Å². The zero-order valence-corrected chi connectivity index (χ0v) is 10.4. The summed E-state index contributed by atoms with van der Waals surface area (Å²) in [4.78, 5) is 11.8. The van der Waals surface area contributed by atoms with Crippen LogP contribution in [0, 0.1) is 0 Å². The Balaban J connectivity index is 2.81. The first kappa shape index (κ1) is 13.2. The predicted octanol–water partition coefficient (Wildman–Crippen LogP) is 0.845. The Morgan fingerprint density at radius 3 is 2.24 bits per heavy atom. The maximum Gasteiger partial charge on any atom is 0.275 e. The van der Waals surface area contributed by atoms with Gasteiger partial charge in [0.1, 0.15) is 11.5 Å². The second-order valence-electron chi connectivity index (χ2n) is 3.25. The zero-order chi connectivity index (χ0) is 12.8. The van der Waals surface area contributed by atoms with Crippen molar-refractivity contribution in [3.63, 3.8) is 0 Å². The minimum atomic E-state index is -0.318. The Labute approximate surface area is 105 Å². The van der Waals surface area contributed by atoms with Gasteiger partial charge in [0.25, 0.3) is 5.91 Å². The van der Waals surface area contributed by atoms with E-state index < -0.39 is 0 Å². The molecule has 6 heteroatoms. The smallest absolute Gasteiger partial charge is 0.275 e. The SMILES string of the molecule is CN/C(N)=C(\NC)C(=O)Nc1ccc(Cl)cc1. The van der Waals surface area contributed by atoms with E-state index in [0.29, 0.717) is 10.7 Å². The van der Waals surface area contributed by atoms with Gasteiger partial charge in [-0.15, -0.1) is 0 Å². The van der Waals surface area contributed by atoms with E-state index in [1.807, 2.05) is 0 Å². The Morgan fingerprint density at radius 1 is 1.18 bits per heavy atom. The quantitative estimate of drug-likeness (QED) is 0.601. The van der Waals surface area contributed by atoms with E-state index in [0.717, 1.165) is 0 Å². The number of hydrogen-bond donors (Lipinski definition) is 4. The van der Waals surface area contributed by atoms with Crippen molar-refractivity contribution in [3.8, 4) is 0 Å². The van der Waals surface area contributed by atoms with Crippen LogP contribution in [0.1, 0.15) is 0 Å². The topological polar surface area (TPSA) is 79.2 Å². The van der Waals surface area contributed by atoms with Crippen LogP contribution in [-0.2, 0) is 4.79 Å². The summed E-state index contributed by atoms with van der Waals surface area (Å²) in [5.41, 5.74) is 6.56. The number of likely N-dealkylation sites (N-methyl/N-ethyl adjacent to an activating group) is 1. The predicted molar refractivity (Wildman–Crippen MR) is 69.4 cm³/mol. The van der Waals surface area contributed by atoms with E-state index in [-0.39, 0.29) is 17.4 Å². The van der Waals surface area contributed by atoms with Crippen LogP contribution < -0.4 is 21.7 Å². The number of benzene rings is 1. The van der Waals surface area contributed by atoms with E-state index in [4.69, 9.17) is 17.3 Å². The van der Waals surface area contributed by atoms with Crippen LogP contribution in [0.3, 0.4) is 0 Å². The lowest BCUT2D eigenvalue weighted by molar-refractivity contribution is -0.113. The molecule has 0 heterocycles. The lowest BCUT2D eigenvalue weighted by atomic mass is 10.3. The molecule has 1 amide bonds. The molecule has 92 valence electrons. The van der Waals surface area contributed by atoms with Crippen molar-refractivity contribution >= 4 is 23.2 Å². The number of rotatable bonds is 4. The van der Waals surface area contributed by atoms with Crippen molar-refractivity contribution in [1.82, 2.24) is 10.6 Å². The molecule has 5 N–H and O–H groups in total. The first-order chi connectivity index (χ1) is 8.08. The fraction of sp³-hybridized carbons (Fsp3) is 0.182. The molecular weight excluding hydrogens is 240 g/mol. The molecule has 0 aliphatic rings. The number of carbonyl (C=O) groups is 1. The Morgan fingerprint density at radius 2 is 1.76 bits per heavy atom. The fourth-order valence-corrected chi connectivity index (χ4v) is 1.35. The van der Waals surface area contributed by atoms with Crippen molar-refractivity contribution in [2.24, 2.45) is 5.73 Å². The summed E-state index contributed by atoms with van der Waals surface area (Å²) in [7, 11) is 3.27. The number of carbonyl (C=O) groups excluding carboxylic acids is 1. The molecular formula is C11H15ClN4O. The van der Waals surface area contributed by atoms with E-state index in [9.17, 15) is 4.79 Å². The number of amides is 1. The number of nitrogens with two attached hydrogens (primary N) is 1. The van der Waals surface area contributed by atoms with Gasteiger partial charge in [0.15, 0.2) is 0 Å². The molecule has 0 bridgehead atoms. The second kappa shape index (κ2) is 6.00. The molecule has 0 radical (unpaired) electrons. The molecule has 1 aromatic rings. The van der Waals surface area contributed by atoms with Crippen molar-refractivity contribution in [3.05, 3.63) is 40.8 Å². The van der Waals surface area contributed by atoms with Crippen LogP contribution in [0.15, 0.2) is 35.8 Å². The van der Waals surface area contributed by atoms with Crippen LogP contribution >= 0.6 is 11.6 Å². The minimum Gasteiger partial charge on any atom is -0.384 e. The van der Waals surface area contributed by atoms with E-state index in [1.165, 1.54) is 0 Å². The van der Waals surface area contributed by atoms with Crippen LogP contribution in [0.25, 0.3) is 0 Å². The van der Waals surface area contributed by atoms with Crippen LogP contribution in [0.4, 0.5) is 5.69 Å². The van der Waals surface area contributed by atoms with Crippen molar-refractivity contribution in [2.75, 3.05) is 19.4 Å². The van der Waals surface area contributed by atoms with Gasteiger partial charge >= 0.3 is 0 Å². The monoisotopic (exact) mass is 254 g/mol. The van der Waals surface area contributed by atoms with Crippen molar-refractivity contribution in [2.45, 2.75) is 0 Å². The lowest BCUT2D eigenvalue weighted by Gasteiger charge is -2.11. The highest BCUT2D eigenvalue weighted by molar-refractivity contribution is 6.30. The summed E-state index contributed by atoms with van der Waals surface area (Å²) in [6, 6.07) is 6.81. The molecule has 0 fully saturated rings. The normalized spacial score (nSPS) is 11.5. The molecule has 0 saturated carbocycles. The van der Waals surface area contributed by atoms with E-state index in [1.54, 1.807) is 38.4 Å². The Bertz CT molecular complexity index is 428. The molecule has 0 aromatic heterocycles. The summed E-state index contributed by atoms with van der Waals surface area (Å²) in [6.07, 6.45) is 0. The number of hydrogen-bond acceptors (Lipinski definition) is 4. The summed E-state index contributed by atoms with van der Waals surface area (Å²) in [5.74, 6) is -0.0411. The third-order valence-corrected chi connectivity index (χ3v) is 2.37. The third-order valence-electron chi connectivity index (χ3n) is 2.12. The van der Waals surface area contributed by atoms with Crippen LogP contribution in [0.2, 0.25) is 5.02 Å². The average molecular weight is 255 g/mol. The van der Waals surface area contributed by atoms with Gasteiger partial charge in [-0.25, -0.2) is 0 Å². The standard InChI is InChI=1S/C11H15ClN4O/c1-14-9(10(13)15-2)11(17)16-8-5-3-7(12)4-6-8/h3-6,14-15H,13H2,1-2H3,(H,16,17)/b10-9-. The third kappa shape index (κ3) is 3.57. The summed E-state index contributed by atoms with van der Waals surface area (Å²) < 4.78 is 0. The van der Waals surface area contributed by atoms with Gasteiger partial charge < -0.3 is 21.7 Å². The maximum atomic E-state index is 11.8. The molecule has 5 nitrogen and oxygen atoms in total.